The molecule has 0 aliphatic heterocycles. The maximum atomic E-state index is 12.3. The van der Waals surface area contributed by atoms with Crippen LogP contribution in [0.3, 0.4) is 0 Å². The molecule has 0 atom stereocenters. The number of sulfonamides is 1. The molecule has 0 saturated heterocycles. The molecular formula is C15H23NO2S. The van der Waals surface area contributed by atoms with Gasteiger partial charge in [-0.1, -0.05) is 38.1 Å². The molecule has 3 nitrogen and oxygen atoms in total. The summed E-state index contributed by atoms with van der Waals surface area (Å²) in [6, 6.07) is 8.52. The molecule has 19 heavy (non-hydrogen) atoms. The third-order valence-corrected chi connectivity index (χ3v) is 5.61. The molecule has 0 unspecified atom stereocenters. The second-order valence-electron chi connectivity index (χ2n) is 5.26. The molecule has 1 fully saturated rings. The van der Waals surface area contributed by atoms with Crippen LogP contribution >= 0.6 is 0 Å². The Morgan fingerprint density at radius 3 is 2.16 bits per heavy atom. The summed E-state index contributed by atoms with van der Waals surface area (Å²) in [4.78, 5) is 0. The fraction of sp³-hybridized carbons (Fsp3) is 0.600. The minimum Gasteiger partial charge on any atom is -0.212 e. The van der Waals surface area contributed by atoms with Crippen LogP contribution < -0.4 is 0 Å². The lowest BCUT2D eigenvalue weighted by Crippen LogP contribution is -2.34. The third-order valence-electron chi connectivity index (χ3n) is 3.54. The van der Waals surface area contributed by atoms with Gasteiger partial charge in [0, 0.05) is 12.6 Å². The highest BCUT2D eigenvalue weighted by atomic mass is 32.2. The normalized spacial score (nSPS) is 15.9. The first-order chi connectivity index (χ1) is 9.06. The summed E-state index contributed by atoms with van der Waals surface area (Å²) in [5, 5.41) is 0. The van der Waals surface area contributed by atoms with Crippen molar-refractivity contribution in [3.63, 3.8) is 0 Å². The Morgan fingerprint density at radius 2 is 1.68 bits per heavy atom. The minimum atomic E-state index is -3.09. The lowest BCUT2D eigenvalue weighted by atomic mass is 10.1. The summed E-state index contributed by atoms with van der Waals surface area (Å²) in [6.07, 6.45) is 3.72. The van der Waals surface area contributed by atoms with Crippen LogP contribution in [0.25, 0.3) is 0 Å². The van der Waals surface area contributed by atoms with Gasteiger partial charge in [-0.05, 0) is 36.8 Å². The number of hydrogen-bond acceptors (Lipinski definition) is 2. The van der Waals surface area contributed by atoms with Crippen molar-refractivity contribution >= 4 is 10.0 Å². The molecule has 106 valence electrons. The van der Waals surface area contributed by atoms with E-state index >= 15 is 0 Å². The largest absolute Gasteiger partial charge is 0.214 e. The highest BCUT2D eigenvalue weighted by Gasteiger charge is 2.36. The monoisotopic (exact) mass is 281 g/mol. The second-order valence-corrected chi connectivity index (χ2v) is 7.30. The van der Waals surface area contributed by atoms with Gasteiger partial charge in [0.1, 0.15) is 0 Å². The summed E-state index contributed by atoms with van der Waals surface area (Å²) < 4.78 is 26.2. The number of benzene rings is 1. The molecule has 1 saturated carbocycles. The van der Waals surface area contributed by atoms with E-state index in [2.05, 4.69) is 31.2 Å². The van der Waals surface area contributed by atoms with Crippen molar-refractivity contribution in [2.75, 3.05) is 5.75 Å². The van der Waals surface area contributed by atoms with E-state index in [-0.39, 0.29) is 11.8 Å². The van der Waals surface area contributed by atoms with Crippen molar-refractivity contribution in [2.24, 2.45) is 0 Å². The highest BCUT2D eigenvalue weighted by Crippen LogP contribution is 2.31. The lowest BCUT2D eigenvalue weighted by molar-refractivity contribution is 0.398. The highest BCUT2D eigenvalue weighted by molar-refractivity contribution is 7.89. The van der Waals surface area contributed by atoms with Crippen LogP contribution in [-0.2, 0) is 23.0 Å². The van der Waals surface area contributed by atoms with Gasteiger partial charge in [-0.25, -0.2) is 8.42 Å². The molecule has 0 bridgehead atoms. The van der Waals surface area contributed by atoms with Crippen LogP contribution in [-0.4, -0.2) is 24.5 Å². The average Bonchev–Trinajstić information content (AvgIpc) is 3.20. The van der Waals surface area contributed by atoms with Crippen LogP contribution in [0, 0.1) is 0 Å². The predicted molar refractivity (Wildman–Crippen MR) is 78.5 cm³/mol. The van der Waals surface area contributed by atoms with E-state index in [9.17, 15) is 8.42 Å². The molecule has 0 aromatic heterocycles. The minimum absolute atomic E-state index is 0.238. The van der Waals surface area contributed by atoms with Crippen molar-refractivity contribution in [1.82, 2.24) is 4.31 Å². The number of hydrogen-bond donors (Lipinski definition) is 0. The topological polar surface area (TPSA) is 37.4 Å². The molecule has 1 aromatic rings. The van der Waals surface area contributed by atoms with Gasteiger partial charge in [0.05, 0.1) is 5.75 Å². The lowest BCUT2D eigenvalue weighted by Gasteiger charge is -2.21. The molecule has 0 N–H and O–H groups in total. The SMILES string of the molecule is CCCS(=O)(=O)N(Cc1ccc(CC)cc1)C1CC1. The van der Waals surface area contributed by atoms with E-state index in [0.717, 1.165) is 24.8 Å². The Kier molecular flexibility index (Phi) is 4.63. The summed E-state index contributed by atoms with van der Waals surface area (Å²) in [5.74, 6) is 0.260. The van der Waals surface area contributed by atoms with E-state index in [1.165, 1.54) is 5.56 Å². The second kappa shape index (κ2) is 6.06. The van der Waals surface area contributed by atoms with E-state index < -0.39 is 10.0 Å². The Bertz CT molecular complexity index is 503. The molecule has 1 aromatic carbocycles. The molecule has 0 radical (unpaired) electrons. The molecule has 0 spiro atoms. The van der Waals surface area contributed by atoms with Gasteiger partial charge < -0.3 is 0 Å². The van der Waals surface area contributed by atoms with Gasteiger partial charge in [0.2, 0.25) is 10.0 Å². The first-order valence-corrected chi connectivity index (χ1v) is 8.75. The van der Waals surface area contributed by atoms with E-state index in [1.54, 1.807) is 4.31 Å². The zero-order valence-electron chi connectivity index (χ0n) is 11.8. The van der Waals surface area contributed by atoms with Crippen molar-refractivity contribution < 1.29 is 8.42 Å². The number of nitrogens with zero attached hydrogens (tertiary/aromatic N) is 1. The molecule has 0 heterocycles. The van der Waals surface area contributed by atoms with Gasteiger partial charge in [0.25, 0.3) is 0 Å². The molecule has 1 aliphatic rings. The van der Waals surface area contributed by atoms with Crippen LogP contribution in [0.5, 0.6) is 0 Å². The Labute approximate surface area is 116 Å². The van der Waals surface area contributed by atoms with Crippen LogP contribution in [0.2, 0.25) is 0 Å². The molecule has 2 rings (SSSR count). The summed E-state index contributed by atoms with van der Waals surface area (Å²) in [7, 11) is -3.09. The van der Waals surface area contributed by atoms with E-state index in [0.29, 0.717) is 13.0 Å². The first-order valence-electron chi connectivity index (χ1n) is 7.14. The van der Waals surface area contributed by atoms with Crippen molar-refractivity contribution in [3.8, 4) is 0 Å². The summed E-state index contributed by atoms with van der Waals surface area (Å²) in [6.45, 7) is 4.56. The maximum Gasteiger partial charge on any atom is 0.214 e. The quantitative estimate of drug-likeness (QED) is 0.770. The third kappa shape index (κ3) is 3.80. The smallest absolute Gasteiger partial charge is 0.212 e. The standard InChI is InChI=1S/C15H23NO2S/c1-3-11-19(17,18)16(15-9-10-15)12-14-7-5-13(4-2)6-8-14/h5-8,15H,3-4,9-12H2,1-2H3. The Morgan fingerprint density at radius 1 is 1.11 bits per heavy atom. The summed E-state index contributed by atoms with van der Waals surface area (Å²) in [5.41, 5.74) is 2.38. The molecule has 1 aliphatic carbocycles. The Hall–Kier alpha value is -0.870. The fourth-order valence-electron chi connectivity index (χ4n) is 2.25. The van der Waals surface area contributed by atoms with Gasteiger partial charge in [-0.15, -0.1) is 0 Å². The van der Waals surface area contributed by atoms with Crippen LogP contribution in [0.1, 0.15) is 44.2 Å². The maximum absolute atomic E-state index is 12.3. The zero-order chi connectivity index (χ0) is 13.9. The molecule has 4 heteroatoms. The number of rotatable bonds is 7. The van der Waals surface area contributed by atoms with Crippen LogP contribution in [0.15, 0.2) is 24.3 Å². The first kappa shape index (κ1) is 14.5. The van der Waals surface area contributed by atoms with E-state index in [4.69, 9.17) is 0 Å². The van der Waals surface area contributed by atoms with Crippen LogP contribution in [0.4, 0.5) is 0 Å². The summed E-state index contributed by atoms with van der Waals surface area (Å²) >= 11 is 0. The van der Waals surface area contributed by atoms with Crippen molar-refractivity contribution in [3.05, 3.63) is 35.4 Å². The van der Waals surface area contributed by atoms with Crippen molar-refractivity contribution in [2.45, 2.75) is 52.1 Å². The Balaban J connectivity index is 2.12. The molecular weight excluding hydrogens is 258 g/mol. The van der Waals surface area contributed by atoms with Gasteiger partial charge in [-0.2, -0.15) is 4.31 Å². The van der Waals surface area contributed by atoms with Crippen molar-refractivity contribution in [1.29, 1.82) is 0 Å². The van der Waals surface area contributed by atoms with Gasteiger partial charge in [0.15, 0.2) is 0 Å². The number of aryl methyl sites for hydroxylation is 1. The van der Waals surface area contributed by atoms with E-state index in [1.807, 2.05) is 6.92 Å². The molecule has 0 amide bonds. The zero-order valence-corrected chi connectivity index (χ0v) is 12.6. The average molecular weight is 281 g/mol. The predicted octanol–water partition coefficient (Wildman–Crippen LogP) is 2.95. The van der Waals surface area contributed by atoms with Gasteiger partial charge in [-0.3, -0.25) is 0 Å². The fourth-order valence-corrected chi connectivity index (χ4v) is 4.01. The van der Waals surface area contributed by atoms with Gasteiger partial charge >= 0.3 is 0 Å².